The lowest BCUT2D eigenvalue weighted by molar-refractivity contribution is 0.620. The summed E-state index contributed by atoms with van der Waals surface area (Å²) in [5.41, 5.74) is 1.04. The van der Waals surface area contributed by atoms with Gasteiger partial charge in [-0.1, -0.05) is 36.2 Å². The minimum atomic E-state index is 0.0482. The number of nitrogens with zero attached hydrogens (tertiary/aromatic N) is 4. The molecule has 0 aliphatic carbocycles. The summed E-state index contributed by atoms with van der Waals surface area (Å²) in [6.45, 7) is 5.60. The number of aromatic nitrogens is 3. The maximum Gasteiger partial charge on any atom is 0.191 e. The minimum Gasteiger partial charge on any atom is -0.355 e. The zero-order chi connectivity index (χ0) is 17.5. The van der Waals surface area contributed by atoms with Crippen LogP contribution in [0.1, 0.15) is 31.3 Å². The maximum atomic E-state index is 6.08. The van der Waals surface area contributed by atoms with Crippen molar-refractivity contribution < 1.29 is 0 Å². The first-order chi connectivity index (χ1) is 11.5. The van der Waals surface area contributed by atoms with Crippen LogP contribution in [0.25, 0.3) is 0 Å². The Morgan fingerprint density at radius 1 is 1.33 bits per heavy atom. The van der Waals surface area contributed by atoms with Gasteiger partial charge in [-0.15, -0.1) is 10.2 Å². The van der Waals surface area contributed by atoms with Gasteiger partial charge in [0.2, 0.25) is 0 Å². The predicted molar refractivity (Wildman–Crippen MR) is 98.8 cm³/mol. The van der Waals surface area contributed by atoms with E-state index in [1.807, 2.05) is 23.6 Å². The van der Waals surface area contributed by atoms with Crippen molar-refractivity contribution in [2.45, 2.75) is 32.9 Å². The van der Waals surface area contributed by atoms with E-state index in [-0.39, 0.29) is 6.04 Å². The second-order valence-corrected chi connectivity index (χ2v) is 6.15. The smallest absolute Gasteiger partial charge is 0.191 e. The quantitative estimate of drug-likeness (QED) is 0.607. The summed E-state index contributed by atoms with van der Waals surface area (Å²) in [6, 6.07) is 5.65. The molecule has 24 heavy (non-hydrogen) atoms. The molecule has 0 fully saturated rings. The second kappa shape index (κ2) is 8.89. The number of aryl methyl sites for hydroxylation is 1. The number of benzene rings is 1. The molecule has 0 spiro atoms. The molecule has 6 nitrogen and oxygen atoms in total. The van der Waals surface area contributed by atoms with Crippen molar-refractivity contribution in [3.05, 3.63) is 46.0 Å². The molecule has 0 amide bonds. The highest BCUT2D eigenvalue weighted by Gasteiger charge is 2.10. The molecular weight excluding hydrogens is 347 g/mol. The maximum absolute atomic E-state index is 6.08. The zero-order valence-electron chi connectivity index (χ0n) is 14.1. The Morgan fingerprint density at radius 2 is 2.12 bits per heavy atom. The largest absolute Gasteiger partial charge is 0.355 e. The van der Waals surface area contributed by atoms with Crippen molar-refractivity contribution >= 4 is 29.2 Å². The summed E-state index contributed by atoms with van der Waals surface area (Å²) in [5.74, 6) is 1.70. The van der Waals surface area contributed by atoms with Gasteiger partial charge in [0.1, 0.15) is 12.2 Å². The molecule has 2 rings (SSSR count). The molecule has 8 heteroatoms. The Bertz CT molecular complexity index is 698. The third kappa shape index (κ3) is 4.85. The summed E-state index contributed by atoms with van der Waals surface area (Å²) in [5, 5.41) is 15.7. The third-order valence-corrected chi connectivity index (χ3v) is 4.42. The zero-order valence-corrected chi connectivity index (χ0v) is 15.6. The van der Waals surface area contributed by atoms with E-state index in [1.54, 1.807) is 19.4 Å². The van der Waals surface area contributed by atoms with Crippen LogP contribution in [-0.2, 0) is 13.0 Å². The van der Waals surface area contributed by atoms with Gasteiger partial charge in [0.25, 0.3) is 0 Å². The van der Waals surface area contributed by atoms with Crippen molar-refractivity contribution in [1.29, 1.82) is 0 Å². The molecule has 0 aliphatic heterocycles. The van der Waals surface area contributed by atoms with Crippen LogP contribution < -0.4 is 10.6 Å². The van der Waals surface area contributed by atoms with E-state index in [9.17, 15) is 0 Å². The highest BCUT2D eigenvalue weighted by Crippen LogP contribution is 2.25. The number of halogens is 2. The van der Waals surface area contributed by atoms with Crippen molar-refractivity contribution in [2.24, 2.45) is 4.99 Å². The number of hydrogen-bond donors (Lipinski definition) is 2. The van der Waals surface area contributed by atoms with Gasteiger partial charge in [-0.05, 0) is 24.6 Å². The lowest BCUT2D eigenvalue weighted by Gasteiger charge is -2.19. The van der Waals surface area contributed by atoms with Gasteiger partial charge >= 0.3 is 0 Å². The molecule has 0 saturated carbocycles. The Labute approximate surface area is 152 Å². The third-order valence-electron chi connectivity index (χ3n) is 3.68. The van der Waals surface area contributed by atoms with Gasteiger partial charge in [-0.25, -0.2) is 0 Å². The van der Waals surface area contributed by atoms with Crippen LogP contribution in [0.15, 0.2) is 29.5 Å². The first kappa shape index (κ1) is 18.5. The van der Waals surface area contributed by atoms with E-state index < -0.39 is 0 Å². The normalized spacial score (nSPS) is 13.0. The number of guanidine groups is 1. The average molecular weight is 369 g/mol. The van der Waals surface area contributed by atoms with Crippen molar-refractivity contribution in [1.82, 2.24) is 25.4 Å². The monoisotopic (exact) mass is 368 g/mol. The van der Waals surface area contributed by atoms with Crippen LogP contribution in [0.5, 0.6) is 0 Å². The molecule has 1 unspecified atom stereocenters. The molecule has 1 heterocycles. The summed E-state index contributed by atoms with van der Waals surface area (Å²) in [7, 11) is 1.74. The van der Waals surface area contributed by atoms with E-state index >= 15 is 0 Å². The van der Waals surface area contributed by atoms with Gasteiger partial charge in [0.15, 0.2) is 5.96 Å². The van der Waals surface area contributed by atoms with E-state index in [1.165, 1.54) is 0 Å². The van der Waals surface area contributed by atoms with E-state index in [0.29, 0.717) is 10.0 Å². The van der Waals surface area contributed by atoms with Crippen LogP contribution in [0.3, 0.4) is 0 Å². The first-order valence-corrected chi connectivity index (χ1v) is 8.59. The Balaban J connectivity index is 1.88. The van der Waals surface area contributed by atoms with Gasteiger partial charge in [0.05, 0.1) is 16.1 Å². The Hall–Kier alpha value is -1.79. The molecule has 1 atom stereocenters. The first-order valence-electron chi connectivity index (χ1n) is 7.84. The fraction of sp³-hybridized carbons (Fsp3) is 0.438. The molecular formula is C16H22Cl2N6. The van der Waals surface area contributed by atoms with Crippen LogP contribution in [0, 0.1) is 0 Å². The van der Waals surface area contributed by atoms with Crippen molar-refractivity contribution in [3.63, 3.8) is 0 Å². The van der Waals surface area contributed by atoms with E-state index in [2.05, 4.69) is 32.7 Å². The molecule has 2 N–H and O–H groups in total. The molecule has 0 bridgehead atoms. The van der Waals surface area contributed by atoms with Gasteiger partial charge in [-0.3, -0.25) is 4.99 Å². The number of aliphatic imine (C=N–C) groups is 1. The molecule has 0 saturated heterocycles. The van der Waals surface area contributed by atoms with Gasteiger partial charge in [0, 0.05) is 26.6 Å². The second-order valence-electron chi connectivity index (χ2n) is 5.33. The standard InChI is InChI=1S/C16H22Cl2N6/c1-4-15-23-21-10-24(15)8-7-20-16(19-3)22-11(2)12-5-6-13(17)14(18)9-12/h5-6,9-11H,4,7-8H2,1-3H3,(H2,19,20,22). The van der Waals surface area contributed by atoms with Crippen LogP contribution in [0.2, 0.25) is 10.0 Å². The summed E-state index contributed by atoms with van der Waals surface area (Å²) in [6.07, 6.45) is 2.61. The molecule has 130 valence electrons. The summed E-state index contributed by atoms with van der Waals surface area (Å²) < 4.78 is 2.03. The molecule has 0 aliphatic rings. The summed E-state index contributed by atoms with van der Waals surface area (Å²) in [4.78, 5) is 4.25. The Kier molecular flexibility index (Phi) is 6.87. The minimum absolute atomic E-state index is 0.0482. The highest BCUT2D eigenvalue weighted by molar-refractivity contribution is 6.42. The topological polar surface area (TPSA) is 67.1 Å². The fourth-order valence-corrected chi connectivity index (χ4v) is 2.61. The van der Waals surface area contributed by atoms with Gasteiger partial charge < -0.3 is 15.2 Å². The molecule has 0 radical (unpaired) electrons. The molecule has 1 aromatic heterocycles. The molecule has 2 aromatic rings. The van der Waals surface area contributed by atoms with E-state index in [4.69, 9.17) is 23.2 Å². The van der Waals surface area contributed by atoms with Crippen LogP contribution >= 0.6 is 23.2 Å². The highest BCUT2D eigenvalue weighted by atomic mass is 35.5. The SMILES string of the molecule is CCc1nncn1CCNC(=NC)NC(C)c1ccc(Cl)c(Cl)c1. The van der Waals surface area contributed by atoms with Crippen molar-refractivity contribution in [2.75, 3.05) is 13.6 Å². The number of rotatable bonds is 6. The number of hydrogen-bond acceptors (Lipinski definition) is 3. The average Bonchev–Trinajstić information content (AvgIpc) is 3.03. The van der Waals surface area contributed by atoms with Crippen LogP contribution in [0.4, 0.5) is 0 Å². The lowest BCUT2D eigenvalue weighted by Crippen LogP contribution is -2.40. The number of nitrogens with one attached hydrogen (secondary N) is 2. The predicted octanol–water partition coefficient (Wildman–Crippen LogP) is 3.07. The van der Waals surface area contributed by atoms with Crippen molar-refractivity contribution in [3.8, 4) is 0 Å². The van der Waals surface area contributed by atoms with Gasteiger partial charge in [-0.2, -0.15) is 0 Å². The summed E-state index contributed by atoms with van der Waals surface area (Å²) >= 11 is 12.0. The van der Waals surface area contributed by atoms with E-state index in [0.717, 1.165) is 36.9 Å². The van der Waals surface area contributed by atoms with Crippen LogP contribution in [-0.4, -0.2) is 34.3 Å². The molecule has 1 aromatic carbocycles. The fourth-order valence-electron chi connectivity index (χ4n) is 2.30. The lowest BCUT2D eigenvalue weighted by atomic mass is 10.1. The Morgan fingerprint density at radius 3 is 2.79 bits per heavy atom.